The molecule has 4 rings (SSSR count). The number of fused-ring (bicyclic) bond motifs is 1. The van der Waals surface area contributed by atoms with Crippen LogP contribution in [-0.4, -0.2) is 47.6 Å². The van der Waals surface area contributed by atoms with Crippen molar-refractivity contribution in [3.8, 4) is 0 Å². The second kappa shape index (κ2) is 7.68. The number of piperazine rings is 1. The van der Waals surface area contributed by atoms with Crippen LogP contribution in [0.1, 0.15) is 11.4 Å². The van der Waals surface area contributed by atoms with Gasteiger partial charge in [-0.25, -0.2) is 9.97 Å². The Labute approximate surface area is 157 Å². The van der Waals surface area contributed by atoms with Gasteiger partial charge in [0.15, 0.2) is 0 Å². The number of nitrogens with zero attached hydrogens (tertiary/aromatic N) is 4. The second-order valence-electron chi connectivity index (χ2n) is 6.34. The van der Waals surface area contributed by atoms with Crippen molar-refractivity contribution in [1.82, 2.24) is 14.9 Å². The monoisotopic (exact) mass is 372 g/mol. The van der Waals surface area contributed by atoms with Gasteiger partial charge in [0.1, 0.15) is 5.82 Å². The van der Waals surface area contributed by atoms with Crippen molar-refractivity contribution in [1.29, 1.82) is 0 Å². The number of halogens is 1. The van der Waals surface area contributed by atoms with E-state index in [1.54, 1.807) is 11.3 Å². The average molecular weight is 373 g/mol. The van der Waals surface area contributed by atoms with Gasteiger partial charge in [0.05, 0.1) is 15.2 Å². The van der Waals surface area contributed by atoms with E-state index in [1.807, 2.05) is 30.5 Å². The van der Waals surface area contributed by atoms with Crippen molar-refractivity contribution in [3.05, 3.63) is 52.6 Å². The summed E-state index contributed by atoms with van der Waals surface area (Å²) in [5, 5.41) is 2.00. The molecule has 1 saturated heterocycles. The van der Waals surface area contributed by atoms with Crippen LogP contribution in [0.3, 0.4) is 0 Å². The number of pyridine rings is 1. The van der Waals surface area contributed by atoms with Crippen LogP contribution in [-0.2, 0) is 6.42 Å². The van der Waals surface area contributed by atoms with Crippen LogP contribution in [0.25, 0.3) is 10.2 Å². The molecule has 3 heterocycles. The Morgan fingerprint density at radius 2 is 1.96 bits per heavy atom. The molecule has 1 aliphatic rings. The number of benzene rings is 1. The minimum atomic E-state index is 0.786. The van der Waals surface area contributed by atoms with Crippen LogP contribution in [0, 0.1) is 0 Å². The van der Waals surface area contributed by atoms with Crippen molar-refractivity contribution in [2.24, 2.45) is 0 Å². The molecule has 1 aliphatic heterocycles. The maximum absolute atomic E-state index is 6.05. The lowest BCUT2D eigenvalue weighted by atomic mass is 10.2. The smallest absolute Gasteiger partial charge is 0.128 e. The predicted molar refractivity (Wildman–Crippen MR) is 106 cm³/mol. The second-order valence-corrected chi connectivity index (χ2v) is 7.89. The van der Waals surface area contributed by atoms with Crippen molar-refractivity contribution in [2.75, 3.05) is 37.6 Å². The van der Waals surface area contributed by atoms with E-state index in [1.165, 1.54) is 9.71 Å². The van der Waals surface area contributed by atoms with Gasteiger partial charge in [0.2, 0.25) is 0 Å². The van der Waals surface area contributed by atoms with Crippen LogP contribution in [0.15, 0.2) is 42.6 Å². The van der Waals surface area contributed by atoms with Crippen LogP contribution in [0.5, 0.6) is 0 Å². The average Bonchev–Trinajstić information content (AvgIpc) is 3.05. The van der Waals surface area contributed by atoms with E-state index in [2.05, 4.69) is 26.9 Å². The molecule has 2 aromatic heterocycles. The summed E-state index contributed by atoms with van der Waals surface area (Å²) in [7, 11) is 0. The number of thiazole rings is 1. The predicted octanol–water partition coefficient (Wildman–Crippen LogP) is 4.10. The molecule has 1 fully saturated rings. The van der Waals surface area contributed by atoms with Crippen molar-refractivity contribution >= 4 is 39.0 Å². The Kier molecular flexibility index (Phi) is 5.15. The SMILES string of the molecule is Clc1ccc2nc(CCCN3CCN(c4ccccn4)CC3)sc2c1. The minimum Gasteiger partial charge on any atom is -0.354 e. The number of aromatic nitrogens is 2. The van der Waals surface area contributed by atoms with Gasteiger partial charge in [0, 0.05) is 43.8 Å². The third kappa shape index (κ3) is 4.11. The van der Waals surface area contributed by atoms with E-state index in [4.69, 9.17) is 16.6 Å². The molecule has 130 valence electrons. The van der Waals surface area contributed by atoms with E-state index in [-0.39, 0.29) is 0 Å². The summed E-state index contributed by atoms with van der Waals surface area (Å²) in [5.41, 5.74) is 1.06. The molecule has 0 aliphatic carbocycles. The Bertz CT molecular complexity index is 828. The first kappa shape index (κ1) is 16.8. The summed E-state index contributed by atoms with van der Waals surface area (Å²) in [4.78, 5) is 14.1. The Morgan fingerprint density at radius 1 is 1.08 bits per heavy atom. The third-order valence-electron chi connectivity index (χ3n) is 4.61. The molecule has 0 N–H and O–H groups in total. The summed E-state index contributed by atoms with van der Waals surface area (Å²) in [6, 6.07) is 12.0. The van der Waals surface area contributed by atoms with Crippen LogP contribution < -0.4 is 4.90 Å². The van der Waals surface area contributed by atoms with E-state index >= 15 is 0 Å². The molecule has 3 aromatic rings. The van der Waals surface area contributed by atoms with Crippen molar-refractivity contribution in [2.45, 2.75) is 12.8 Å². The summed E-state index contributed by atoms with van der Waals surface area (Å²) < 4.78 is 1.19. The quantitative estimate of drug-likeness (QED) is 0.675. The van der Waals surface area contributed by atoms with Gasteiger partial charge in [-0.1, -0.05) is 17.7 Å². The fourth-order valence-corrected chi connectivity index (χ4v) is 4.53. The lowest BCUT2D eigenvalue weighted by molar-refractivity contribution is 0.254. The number of rotatable bonds is 5. The summed E-state index contributed by atoms with van der Waals surface area (Å²) in [5.74, 6) is 1.09. The van der Waals surface area contributed by atoms with E-state index in [0.717, 1.165) is 61.9 Å². The fourth-order valence-electron chi connectivity index (χ4n) is 3.25. The van der Waals surface area contributed by atoms with Gasteiger partial charge >= 0.3 is 0 Å². The zero-order valence-electron chi connectivity index (χ0n) is 14.1. The van der Waals surface area contributed by atoms with E-state index in [9.17, 15) is 0 Å². The lowest BCUT2D eigenvalue weighted by Gasteiger charge is -2.35. The summed E-state index contributed by atoms with van der Waals surface area (Å²) >= 11 is 7.82. The number of aryl methyl sites for hydroxylation is 1. The molecule has 0 unspecified atom stereocenters. The molecule has 0 radical (unpaired) electrons. The summed E-state index contributed by atoms with van der Waals surface area (Å²) in [6.07, 6.45) is 4.06. The highest BCUT2D eigenvalue weighted by atomic mass is 35.5. The largest absolute Gasteiger partial charge is 0.354 e. The molecule has 1 aromatic carbocycles. The molecule has 0 atom stereocenters. The summed E-state index contributed by atoms with van der Waals surface area (Å²) in [6.45, 7) is 5.44. The van der Waals surface area contributed by atoms with Crippen LogP contribution in [0.2, 0.25) is 5.02 Å². The molecule has 0 spiro atoms. The van der Waals surface area contributed by atoms with Gasteiger partial charge < -0.3 is 4.90 Å². The highest BCUT2D eigenvalue weighted by Gasteiger charge is 2.17. The van der Waals surface area contributed by atoms with Gasteiger partial charge in [-0.05, 0) is 43.3 Å². The number of hydrogen-bond acceptors (Lipinski definition) is 5. The van der Waals surface area contributed by atoms with E-state index < -0.39 is 0 Å². The molecule has 0 saturated carbocycles. The molecular weight excluding hydrogens is 352 g/mol. The highest BCUT2D eigenvalue weighted by molar-refractivity contribution is 7.18. The minimum absolute atomic E-state index is 0.786. The normalized spacial score (nSPS) is 15.8. The Morgan fingerprint density at radius 3 is 2.76 bits per heavy atom. The first-order valence-corrected chi connectivity index (χ1v) is 9.91. The number of anilines is 1. The first-order valence-electron chi connectivity index (χ1n) is 8.71. The lowest BCUT2D eigenvalue weighted by Crippen LogP contribution is -2.46. The van der Waals surface area contributed by atoms with E-state index in [0.29, 0.717) is 0 Å². The molecular formula is C19H21ClN4S. The van der Waals surface area contributed by atoms with Gasteiger partial charge in [-0.3, -0.25) is 4.90 Å². The molecule has 25 heavy (non-hydrogen) atoms. The highest BCUT2D eigenvalue weighted by Crippen LogP contribution is 2.26. The Balaban J connectivity index is 1.25. The molecule has 6 heteroatoms. The van der Waals surface area contributed by atoms with Crippen molar-refractivity contribution in [3.63, 3.8) is 0 Å². The van der Waals surface area contributed by atoms with Crippen molar-refractivity contribution < 1.29 is 0 Å². The zero-order chi connectivity index (χ0) is 17.1. The molecule has 0 bridgehead atoms. The fraction of sp³-hybridized carbons (Fsp3) is 0.368. The standard InChI is InChI=1S/C19H21ClN4S/c20-15-6-7-16-17(14-15)25-19(22-16)5-3-9-23-10-12-24(13-11-23)18-4-1-2-8-21-18/h1-2,4,6-8,14H,3,5,9-13H2. The van der Waals surface area contributed by atoms with Gasteiger partial charge in [-0.2, -0.15) is 0 Å². The van der Waals surface area contributed by atoms with Gasteiger partial charge in [0.25, 0.3) is 0 Å². The topological polar surface area (TPSA) is 32.3 Å². The van der Waals surface area contributed by atoms with Gasteiger partial charge in [-0.15, -0.1) is 11.3 Å². The first-order chi connectivity index (χ1) is 12.3. The zero-order valence-corrected chi connectivity index (χ0v) is 15.6. The molecule has 4 nitrogen and oxygen atoms in total. The van der Waals surface area contributed by atoms with Crippen LogP contribution >= 0.6 is 22.9 Å². The molecule has 0 amide bonds. The Hall–Kier alpha value is -1.69. The van der Waals surface area contributed by atoms with Crippen LogP contribution in [0.4, 0.5) is 5.82 Å². The third-order valence-corrected chi connectivity index (χ3v) is 5.92. The maximum Gasteiger partial charge on any atom is 0.128 e. The number of hydrogen-bond donors (Lipinski definition) is 0. The maximum atomic E-state index is 6.05.